The Morgan fingerprint density at radius 1 is 0.906 bits per heavy atom. The second kappa shape index (κ2) is 11.0. The third kappa shape index (κ3) is 6.61. The van der Waals surface area contributed by atoms with Crippen LogP contribution in [0.4, 0.5) is 5.69 Å². The Bertz CT molecular complexity index is 1120. The molecular formula is C24H22N2O5S. The fourth-order valence-electron chi connectivity index (χ4n) is 2.86. The number of carbonyl (C=O) groups excluding carboxylic acids is 4. The second-order valence-electron chi connectivity index (χ2n) is 6.93. The smallest absolute Gasteiger partial charge is 0.340 e. The normalized spacial score (nSPS) is 10.3. The summed E-state index contributed by atoms with van der Waals surface area (Å²) in [6.07, 6.45) is 0.169. The molecule has 0 unspecified atom stereocenters. The van der Waals surface area contributed by atoms with E-state index in [1.807, 2.05) is 30.3 Å². The van der Waals surface area contributed by atoms with E-state index in [-0.39, 0.29) is 29.6 Å². The van der Waals surface area contributed by atoms with E-state index in [0.29, 0.717) is 17.1 Å². The number of esters is 1. The van der Waals surface area contributed by atoms with E-state index in [0.717, 1.165) is 10.4 Å². The van der Waals surface area contributed by atoms with Crippen LogP contribution in [-0.4, -0.2) is 30.2 Å². The monoisotopic (exact) mass is 450 g/mol. The Morgan fingerprint density at radius 2 is 1.62 bits per heavy atom. The van der Waals surface area contributed by atoms with Crippen LogP contribution in [0.25, 0.3) is 0 Å². The molecule has 0 spiro atoms. The fraction of sp³-hybridized carbons (Fsp3) is 0.167. The van der Waals surface area contributed by atoms with Gasteiger partial charge in [0.25, 0.3) is 0 Å². The minimum absolute atomic E-state index is 0.158. The van der Waals surface area contributed by atoms with E-state index in [1.165, 1.54) is 24.3 Å². The average Bonchev–Trinajstić information content (AvgIpc) is 3.26. The van der Waals surface area contributed by atoms with Crippen LogP contribution in [0.15, 0.2) is 66.7 Å². The molecule has 2 N–H and O–H groups in total. The van der Waals surface area contributed by atoms with E-state index in [4.69, 9.17) is 4.74 Å². The summed E-state index contributed by atoms with van der Waals surface area (Å²) in [5.74, 6) is -1.47. The number of Topliss-reactive ketones (excluding diaryl/α,β-unsaturated/α-hetero) is 1. The Morgan fingerprint density at radius 3 is 2.38 bits per heavy atom. The number of ketones is 1. The predicted octanol–water partition coefficient (Wildman–Crippen LogP) is 3.61. The average molecular weight is 451 g/mol. The first kappa shape index (κ1) is 22.9. The number of carbonyl (C=O) groups is 4. The number of nitrogens with one attached hydrogen (secondary N) is 2. The molecule has 0 atom stereocenters. The summed E-state index contributed by atoms with van der Waals surface area (Å²) in [4.78, 5) is 49.5. The number of thiophene rings is 1. The molecule has 0 radical (unpaired) electrons. The topological polar surface area (TPSA) is 102 Å². The molecule has 32 heavy (non-hydrogen) atoms. The van der Waals surface area contributed by atoms with Crippen molar-refractivity contribution in [2.45, 2.75) is 19.9 Å². The highest BCUT2D eigenvalue weighted by atomic mass is 32.1. The van der Waals surface area contributed by atoms with Crippen LogP contribution in [-0.2, 0) is 27.3 Å². The number of para-hydroxylation sites is 1. The van der Waals surface area contributed by atoms with Crippen molar-refractivity contribution in [1.82, 2.24) is 5.32 Å². The van der Waals surface area contributed by atoms with E-state index >= 15 is 0 Å². The van der Waals surface area contributed by atoms with E-state index in [2.05, 4.69) is 10.6 Å². The lowest BCUT2D eigenvalue weighted by molar-refractivity contribution is -0.119. The zero-order valence-electron chi connectivity index (χ0n) is 17.4. The van der Waals surface area contributed by atoms with Gasteiger partial charge in [-0.1, -0.05) is 42.5 Å². The van der Waals surface area contributed by atoms with Gasteiger partial charge >= 0.3 is 5.97 Å². The van der Waals surface area contributed by atoms with E-state index in [9.17, 15) is 19.2 Å². The highest BCUT2D eigenvalue weighted by Crippen LogP contribution is 2.19. The summed E-state index contributed by atoms with van der Waals surface area (Å²) in [5.41, 5.74) is 1.34. The van der Waals surface area contributed by atoms with Gasteiger partial charge in [0.15, 0.2) is 6.61 Å². The summed E-state index contributed by atoms with van der Waals surface area (Å²) < 4.78 is 5.19. The van der Waals surface area contributed by atoms with Crippen LogP contribution >= 0.6 is 11.3 Å². The molecule has 0 fully saturated rings. The lowest BCUT2D eigenvalue weighted by Gasteiger charge is -2.11. The number of benzene rings is 2. The maximum absolute atomic E-state index is 12.6. The van der Waals surface area contributed by atoms with Gasteiger partial charge in [-0.25, -0.2) is 4.79 Å². The van der Waals surface area contributed by atoms with Gasteiger partial charge in [-0.05, 0) is 29.8 Å². The lowest BCUT2D eigenvalue weighted by atomic mass is 10.1. The first-order chi connectivity index (χ1) is 15.4. The van der Waals surface area contributed by atoms with Crippen LogP contribution in [0.5, 0.6) is 0 Å². The maximum atomic E-state index is 12.6. The van der Waals surface area contributed by atoms with Gasteiger partial charge < -0.3 is 15.4 Å². The number of anilines is 1. The molecule has 0 aliphatic carbocycles. The van der Waals surface area contributed by atoms with Crippen LogP contribution in [0.1, 0.15) is 37.4 Å². The Kier molecular flexibility index (Phi) is 7.88. The number of hydrogen-bond donors (Lipinski definition) is 2. The molecule has 8 heteroatoms. The molecule has 0 aliphatic rings. The molecule has 0 bridgehead atoms. The molecular weight excluding hydrogens is 428 g/mol. The standard InChI is InChI=1S/C24H22N2O5S/c1-16(27)25-14-18-11-12-22(32-18)21(28)15-31-24(30)19-9-5-6-10-20(19)26-23(29)13-17-7-3-2-4-8-17/h2-12H,13-15H2,1H3,(H,25,27)(H,26,29). The minimum Gasteiger partial charge on any atom is -0.454 e. The van der Waals surface area contributed by atoms with Crippen molar-refractivity contribution in [2.24, 2.45) is 0 Å². The van der Waals surface area contributed by atoms with Crippen LogP contribution in [0.2, 0.25) is 0 Å². The van der Waals surface area contributed by atoms with Gasteiger partial charge in [-0.15, -0.1) is 11.3 Å². The van der Waals surface area contributed by atoms with E-state index < -0.39 is 12.6 Å². The Balaban J connectivity index is 1.58. The molecule has 1 heterocycles. The largest absolute Gasteiger partial charge is 0.454 e. The molecule has 0 saturated carbocycles. The van der Waals surface area contributed by atoms with Crippen molar-refractivity contribution in [3.63, 3.8) is 0 Å². The minimum atomic E-state index is -0.705. The zero-order chi connectivity index (χ0) is 22.9. The van der Waals surface area contributed by atoms with Gasteiger partial charge in [0.05, 0.1) is 29.1 Å². The second-order valence-corrected chi connectivity index (χ2v) is 8.10. The number of ether oxygens (including phenoxy) is 1. The third-order valence-electron chi connectivity index (χ3n) is 4.41. The number of hydrogen-bond acceptors (Lipinski definition) is 6. The van der Waals surface area contributed by atoms with Gasteiger partial charge in [0.2, 0.25) is 17.6 Å². The quantitative estimate of drug-likeness (QED) is 0.383. The maximum Gasteiger partial charge on any atom is 0.340 e. The molecule has 164 valence electrons. The summed E-state index contributed by atoms with van der Waals surface area (Å²) in [6.45, 7) is 1.33. The first-order valence-corrected chi connectivity index (χ1v) is 10.7. The van der Waals surface area contributed by atoms with Crippen LogP contribution < -0.4 is 10.6 Å². The van der Waals surface area contributed by atoms with Crippen molar-refractivity contribution in [1.29, 1.82) is 0 Å². The lowest BCUT2D eigenvalue weighted by Crippen LogP contribution is -2.19. The van der Waals surface area contributed by atoms with Crippen molar-refractivity contribution >= 4 is 40.6 Å². The first-order valence-electron chi connectivity index (χ1n) is 9.88. The van der Waals surface area contributed by atoms with Gasteiger partial charge in [-0.2, -0.15) is 0 Å². The Hall–Kier alpha value is -3.78. The van der Waals surface area contributed by atoms with Crippen LogP contribution in [0, 0.1) is 0 Å². The molecule has 3 aromatic rings. The summed E-state index contributed by atoms with van der Waals surface area (Å²) in [6, 6.07) is 19.1. The molecule has 0 saturated heterocycles. The summed E-state index contributed by atoms with van der Waals surface area (Å²) in [7, 11) is 0. The molecule has 7 nitrogen and oxygen atoms in total. The number of amides is 2. The summed E-state index contributed by atoms with van der Waals surface area (Å²) in [5, 5.41) is 5.39. The van der Waals surface area contributed by atoms with Gasteiger partial charge in [0, 0.05) is 11.8 Å². The third-order valence-corrected chi connectivity index (χ3v) is 5.54. The predicted molar refractivity (Wildman–Crippen MR) is 122 cm³/mol. The highest BCUT2D eigenvalue weighted by Gasteiger charge is 2.17. The van der Waals surface area contributed by atoms with Crippen LogP contribution in [0.3, 0.4) is 0 Å². The van der Waals surface area contributed by atoms with Crippen molar-refractivity contribution in [3.05, 3.63) is 87.6 Å². The molecule has 2 aromatic carbocycles. The SMILES string of the molecule is CC(=O)NCc1ccc(C(=O)COC(=O)c2ccccc2NC(=O)Cc2ccccc2)s1. The molecule has 1 aromatic heterocycles. The van der Waals surface area contributed by atoms with Gasteiger partial charge in [0.1, 0.15) is 0 Å². The molecule has 0 aliphatic heterocycles. The fourth-order valence-corrected chi connectivity index (χ4v) is 3.73. The molecule has 2 amide bonds. The van der Waals surface area contributed by atoms with E-state index in [1.54, 1.807) is 30.3 Å². The van der Waals surface area contributed by atoms with Gasteiger partial charge in [-0.3, -0.25) is 14.4 Å². The zero-order valence-corrected chi connectivity index (χ0v) is 18.2. The molecule has 3 rings (SSSR count). The number of rotatable bonds is 9. The Labute approximate surface area is 189 Å². The highest BCUT2D eigenvalue weighted by molar-refractivity contribution is 7.14. The van der Waals surface area contributed by atoms with Crippen molar-refractivity contribution in [3.8, 4) is 0 Å². The van der Waals surface area contributed by atoms with Crippen molar-refractivity contribution < 1.29 is 23.9 Å². The van der Waals surface area contributed by atoms with Crippen molar-refractivity contribution in [2.75, 3.05) is 11.9 Å². The summed E-state index contributed by atoms with van der Waals surface area (Å²) >= 11 is 1.23.